The summed E-state index contributed by atoms with van der Waals surface area (Å²) < 4.78 is 38.8. The molecule has 1 heterocycles. The second kappa shape index (κ2) is 6.87. The number of nitrogens with one attached hydrogen (secondary N) is 1. The maximum atomic E-state index is 13.9. The van der Waals surface area contributed by atoms with Crippen molar-refractivity contribution in [2.75, 3.05) is 11.6 Å². The normalized spacial score (nSPS) is 11.7. The van der Waals surface area contributed by atoms with Gasteiger partial charge in [0.1, 0.15) is 23.9 Å². The molecule has 3 rings (SSSR count). The van der Waals surface area contributed by atoms with E-state index in [2.05, 4.69) is 10.3 Å². The Morgan fingerprint density at radius 1 is 1.23 bits per heavy atom. The molecule has 0 bridgehead atoms. The molecule has 1 aromatic heterocycles. The van der Waals surface area contributed by atoms with Gasteiger partial charge in [0.25, 0.3) is 0 Å². The summed E-state index contributed by atoms with van der Waals surface area (Å²) in [6.07, 6.45) is 1.11. The molecule has 6 nitrogen and oxygen atoms in total. The lowest BCUT2D eigenvalue weighted by Crippen LogP contribution is -2.21. The van der Waals surface area contributed by atoms with Crippen LogP contribution in [-0.2, 0) is 26.9 Å². The van der Waals surface area contributed by atoms with E-state index in [0.29, 0.717) is 11.0 Å². The first-order chi connectivity index (χ1) is 12.2. The SMILES string of the molecule is Cc1ccc(NC(=O)Cn2c(CS(C)(=O)=O)nc3ccccc32)c(F)c1. The third-order valence-corrected chi connectivity index (χ3v) is 4.61. The summed E-state index contributed by atoms with van der Waals surface area (Å²) in [4.78, 5) is 16.7. The van der Waals surface area contributed by atoms with Crippen LogP contribution in [0.1, 0.15) is 11.4 Å². The summed E-state index contributed by atoms with van der Waals surface area (Å²) in [6.45, 7) is 1.59. The Bertz CT molecular complexity index is 1090. The fourth-order valence-electron chi connectivity index (χ4n) is 2.70. The van der Waals surface area contributed by atoms with Crippen molar-refractivity contribution < 1.29 is 17.6 Å². The molecule has 0 aliphatic carbocycles. The maximum absolute atomic E-state index is 13.9. The van der Waals surface area contributed by atoms with Crippen molar-refractivity contribution >= 4 is 32.5 Å². The average Bonchev–Trinajstić information content (AvgIpc) is 2.86. The van der Waals surface area contributed by atoms with Gasteiger partial charge in [0, 0.05) is 6.26 Å². The number of imidazole rings is 1. The zero-order valence-corrected chi connectivity index (χ0v) is 15.2. The number of benzene rings is 2. The highest BCUT2D eigenvalue weighted by atomic mass is 32.2. The van der Waals surface area contributed by atoms with Gasteiger partial charge in [-0.1, -0.05) is 18.2 Å². The average molecular weight is 375 g/mol. The van der Waals surface area contributed by atoms with Crippen molar-refractivity contribution in [3.8, 4) is 0 Å². The summed E-state index contributed by atoms with van der Waals surface area (Å²) in [5, 5.41) is 2.52. The third-order valence-electron chi connectivity index (χ3n) is 3.83. The van der Waals surface area contributed by atoms with E-state index < -0.39 is 21.6 Å². The summed E-state index contributed by atoms with van der Waals surface area (Å²) in [6, 6.07) is 11.6. The molecular formula is C18H18FN3O3S. The predicted octanol–water partition coefficient (Wildman–Crippen LogP) is 2.67. The van der Waals surface area contributed by atoms with E-state index >= 15 is 0 Å². The Morgan fingerprint density at radius 2 is 1.96 bits per heavy atom. The lowest BCUT2D eigenvalue weighted by atomic mass is 10.2. The monoisotopic (exact) mass is 375 g/mol. The van der Waals surface area contributed by atoms with Gasteiger partial charge in [-0.25, -0.2) is 17.8 Å². The highest BCUT2D eigenvalue weighted by Crippen LogP contribution is 2.19. The number of nitrogens with zero attached hydrogens (tertiary/aromatic N) is 2. The van der Waals surface area contributed by atoms with Crippen LogP contribution in [0.5, 0.6) is 0 Å². The smallest absolute Gasteiger partial charge is 0.244 e. The Morgan fingerprint density at radius 3 is 2.65 bits per heavy atom. The van der Waals surface area contributed by atoms with E-state index in [1.807, 2.05) is 0 Å². The number of anilines is 1. The molecule has 0 spiro atoms. The Balaban J connectivity index is 1.91. The fraction of sp³-hybridized carbons (Fsp3) is 0.222. The number of carbonyl (C=O) groups excluding carboxylic acids is 1. The molecule has 1 amide bonds. The molecule has 0 saturated heterocycles. The number of aromatic nitrogens is 2. The largest absolute Gasteiger partial charge is 0.322 e. The fourth-order valence-corrected chi connectivity index (χ4v) is 3.39. The Kier molecular flexibility index (Phi) is 4.78. The summed E-state index contributed by atoms with van der Waals surface area (Å²) >= 11 is 0. The van der Waals surface area contributed by atoms with Gasteiger partial charge in [-0.05, 0) is 36.8 Å². The molecule has 2 aromatic carbocycles. The topological polar surface area (TPSA) is 81.1 Å². The van der Waals surface area contributed by atoms with Gasteiger partial charge >= 0.3 is 0 Å². The van der Waals surface area contributed by atoms with Crippen LogP contribution in [0.3, 0.4) is 0 Å². The van der Waals surface area contributed by atoms with Crippen LogP contribution in [0.25, 0.3) is 11.0 Å². The molecule has 0 atom stereocenters. The first kappa shape index (κ1) is 18.1. The number of rotatable bonds is 5. The third kappa shape index (κ3) is 4.08. The minimum atomic E-state index is -3.33. The molecular weight excluding hydrogens is 357 g/mol. The number of amides is 1. The van der Waals surface area contributed by atoms with Crippen LogP contribution < -0.4 is 5.32 Å². The second-order valence-electron chi connectivity index (χ2n) is 6.20. The van der Waals surface area contributed by atoms with Crippen LogP contribution >= 0.6 is 0 Å². The van der Waals surface area contributed by atoms with Crippen molar-refractivity contribution in [1.82, 2.24) is 9.55 Å². The van der Waals surface area contributed by atoms with Crippen molar-refractivity contribution in [1.29, 1.82) is 0 Å². The van der Waals surface area contributed by atoms with Gasteiger partial charge in [-0.15, -0.1) is 0 Å². The second-order valence-corrected chi connectivity index (χ2v) is 8.34. The van der Waals surface area contributed by atoms with Gasteiger partial charge in [-0.2, -0.15) is 0 Å². The van der Waals surface area contributed by atoms with E-state index in [9.17, 15) is 17.6 Å². The van der Waals surface area contributed by atoms with E-state index in [1.165, 1.54) is 16.7 Å². The Hall–Kier alpha value is -2.74. The van der Waals surface area contributed by atoms with Gasteiger partial charge in [0.05, 0.1) is 16.7 Å². The van der Waals surface area contributed by atoms with Gasteiger partial charge < -0.3 is 9.88 Å². The molecule has 8 heteroatoms. The number of halogens is 1. The van der Waals surface area contributed by atoms with Gasteiger partial charge in [0.15, 0.2) is 9.84 Å². The van der Waals surface area contributed by atoms with Crippen molar-refractivity contribution in [2.24, 2.45) is 0 Å². The highest BCUT2D eigenvalue weighted by molar-refractivity contribution is 7.89. The zero-order valence-electron chi connectivity index (χ0n) is 14.4. The molecule has 3 aromatic rings. The minimum absolute atomic E-state index is 0.0784. The van der Waals surface area contributed by atoms with Gasteiger partial charge in [-0.3, -0.25) is 4.79 Å². The molecule has 0 aliphatic rings. The number of para-hydroxylation sites is 2. The molecule has 0 aliphatic heterocycles. The zero-order chi connectivity index (χ0) is 18.9. The highest BCUT2D eigenvalue weighted by Gasteiger charge is 2.17. The van der Waals surface area contributed by atoms with E-state index in [1.54, 1.807) is 37.3 Å². The predicted molar refractivity (Wildman–Crippen MR) is 98.0 cm³/mol. The molecule has 1 N–H and O–H groups in total. The van der Waals surface area contributed by atoms with Crippen LogP contribution in [0.4, 0.5) is 10.1 Å². The summed E-state index contributed by atoms with van der Waals surface area (Å²) in [5.41, 5.74) is 2.07. The minimum Gasteiger partial charge on any atom is -0.322 e. The Labute approximate surface area is 150 Å². The number of sulfone groups is 1. The molecule has 26 heavy (non-hydrogen) atoms. The number of hydrogen-bond donors (Lipinski definition) is 1. The van der Waals surface area contributed by atoms with E-state index in [-0.39, 0.29) is 23.8 Å². The number of fused-ring (bicyclic) bond motifs is 1. The van der Waals surface area contributed by atoms with Crippen molar-refractivity contribution in [3.05, 3.63) is 59.7 Å². The molecule has 0 fully saturated rings. The van der Waals surface area contributed by atoms with Crippen LogP contribution in [0.2, 0.25) is 0 Å². The van der Waals surface area contributed by atoms with E-state index in [0.717, 1.165) is 11.8 Å². The maximum Gasteiger partial charge on any atom is 0.244 e. The number of carbonyl (C=O) groups is 1. The molecule has 0 unspecified atom stereocenters. The standard InChI is InChI=1S/C18H18FN3O3S/c1-12-7-8-14(13(19)9-12)21-18(23)10-22-16-6-4-3-5-15(16)20-17(22)11-26(2,24)25/h3-9H,10-11H2,1-2H3,(H,21,23). The number of hydrogen-bond acceptors (Lipinski definition) is 4. The quantitative estimate of drug-likeness (QED) is 0.743. The van der Waals surface area contributed by atoms with Crippen LogP contribution in [0.15, 0.2) is 42.5 Å². The first-order valence-corrected chi connectivity index (χ1v) is 9.97. The summed E-state index contributed by atoms with van der Waals surface area (Å²) in [7, 11) is -3.33. The molecule has 136 valence electrons. The van der Waals surface area contributed by atoms with E-state index in [4.69, 9.17) is 0 Å². The van der Waals surface area contributed by atoms with Crippen molar-refractivity contribution in [3.63, 3.8) is 0 Å². The molecule has 0 radical (unpaired) electrons. The lowest BCUT2D eigenvalue weighted by molar-refractivity contribution is -0.116. The molecule has 0 saturated carbocycles. The van der Waals surface area contributed by atoms with Crippen LogP contribution in [-0.4, -0.2) is 30.1 Å². The van der Waals surface area contributed by atoms with Crippen molar-refractivity contribution in [2.45, 2.75) is 19.2 Å². The first-order valence-electron chi connectivity index (χ1n) is 7.91. The summed E-state index contributed by atoms with van der Waals surface area (Å²) in [5.74, 6) is -1.00. The van der Waals surface area contributed by atoms with Gasteiger partial charge in [0.2, 0.25) is 5.91 Å². The van der Waals surface area contributed by atoms with Crippen LogP contribution in [0, 0.1) is 12.7 Å². The lowest BCUT2D eigenvalue weighted by Gasteiger charge is -2.10. The number of aryl methyl sites for hydroxylation is 1.